The first-order valence-electron chi connectivity index (χ1n) is 12.7. The molecule has 6 rings (SSSR count). The molecule has 0 N–H and O–H groups in total. The van der Waals surface area contributed by atoms with Crippen molar-refractivity contribution in [2.45, 2.75) is 19.0 Å². The average Bonchev–Trinajstić information content (AvgIpc) is 3.44. The van der Waals surface area contributed by atoms with Crippen molar-refractivity contribution in [3.63, 3.8) is 0 Å². The molecule has 2 fully saturated rings. The number of nitrogens with zero attached hydrogens (tertiary/aromatic N) is 2. The number of ether oxygens (including phenoxy) is 2. The highest BCUT2D eigenvalue weighted by molar-refractivity contribution is 6.26. The molecule has 3 aromatic rings. The lowest BCUT2D eigenvalue weighted by atomic mass is 9.83. The van der Waals surface area contributed by atoms with E-state index in [4.69, 9.17) is 9.47 Å². The molecule has 0 aromatic heterocycles. The van der Waals surface area contributed by atoms with E-state index in [9.17, 15) is 24.0 Å². The fourth-order valence-electron chi connectivity index (χ4n) is 6.07. The SMILES string of the molecule is COC(=O)c1ccccc1N1C(=O)[C@@H]2[C@H](C1=O)[C@@H]1c3ccccc3C=CN1[C@H]2C(=O)c1ccc(OC(C)=O)cc1. The van der Waals surface area contributed by atoms with E-state index in [0.29, 0.717) is 5.56 Å². The Labute approximate surface area is 229 Å². The molecule has 4 atom stereocenters. The van der Waals surface area contributed by atoms with Crippen molar-refractivity contribution in [2.24, 2.45) is 11.8 Å². The molecule has 9 nitrogen and oxygen atoms in total. The van der Waals surface area contributed by atoms with E-state index in [1.807, 2.05) is 30.3 Å². The first-order valence-corrected chi connectivity index (χ1v) is 12.7. The molecule has 0 radical (unpaired) electrons. The highest BCUT2D eigenvalue weighted by Crippen LogP contribution is 2.54. The minimum absolute atomic E-state index is 0.0800. The minimum atomic E-state index is -1.00. The smallest absolute Gasteiger partial charge is 0.339 e. The molecule has 9 heteroatoms. The lowest BCUT2D eigenvalue weighted by Crippen LogP contribution is -2.44. The van der Waals surface area contributed by atoms with Gasteiger partial charge in [-0.15, -0.1) is 0 Å². The van der Waals surface area contributed by atoms with Crippen molar-refractivity contribution in [1.29, 1.82) is 0 Å². The molecule has 3 heterocycles. The summed E-state index contributed by atoms with van der Waals surface area (Å²) in [4.78, 5) is 69.0. The molecule has 40 heavy (non-hydrogen) atoms. The van der Waals surface area contributed by atoms with Gasteiger partial charge in [0.25, 0.3) is 0 Å². The van der Waals surface area contributed by atoms with Crippen LogP contribution in [0.3, 0.4) is 0 Å². The lowest BCUT2D eigenvalue weighted by molar-refractivity contribution is -0.132. The fourth-order valence-corrected chi connectivity index (χ4v) is 6.07. The van der Waals surface area contributed by atoms with Crippen LogP contribution in [0, 0.1) is 11.8 Å². The van der Waals surface area contributed by atoms with Crippen molar-refractivity contribution in [2.75, 3.05) is 12.0 Å². The molecule has 0 bridgehead atoms. The summed E-state index contributed by atoms with van der Waals surface area (Å²) in [7, 11) is 1.23. The molecule has 0 saturated carbocycles. The third-order valence-corrected chi connectivity index (χ3v) is 7.68. The van der Waals surface area contributed by atoms with Gasteiger partial charge >= 0.3 is 11.9 Å². The number of para-hydroxylation sites is 1. The number of fused-ring (bicyclic) bond motifs is 5. The number of carbonyl (C=O) groups is 5. The summed E-state index contributed by atoms with van der Waals surface area (Å²) in [6.07, 6.45) is 3.64. The standard InChI is InChI=1S/C31H24N2O7/c1-17(34)40-20-13-11-19(12-14-20)28(35)27-25-24(26-21-8-4-3-7-18(21)15-16-32(26)27)29(36)33(30(25)37)23-10-6-5-9-22(23)31(38)39-2/h3-16,24-27H,1-2H3/t24-,25+,26-,27+/m0/s1. The Balaban J connectivity index is 1.46. The van der Waals surface area contributed by atoms with Gasteiger partial charge in [-0.1, -0.05) is 36.4 Å². The van der Waals surface area contributed by atoms with Gasteiger partial charge in [0.2, 0.25) is 11.8 Å². The Morgan fingerprint density at radius 2 is 1.50 bits per heavy atom. The van der Waals surface area contributed by atoms with Gasteiger partial charge in [-0.05, 0) is 53.6 Å². The normalized spacial score (nSPS) is 22.4. The third-order valence-electron chi connectivity index (χ3n) is 7.68. The number of rotatable bonds is 5. The highest BCUT2D eigenvalue weighted by Gasteiger charge is 2.64. The molecule has 3 aromatic carbocycles. The van der Waals surface area contributed by atoms with Crippen LogP contribution in [0.2, 0.25) is 0 Å². The summed E-state index contributed by atoms with van der Waals surface area (Å²) in [6, 6.07) is 18.4. The summed E-state index contributed by atoms with van der Waals surface area (Å²) in [5, 5.41) is 0. The van der Waals surface area contributed by atoms with E-state index >= 15 is 0 Å². The van der Waals surface area contributed by atoms with Crippen LogP contribution in [0.4, 0.5) is 5.69 Å². The van der Waals surface area contributed by atoms with Crippen LogP contribution >= 0.6 is 0 Å². The second-order valence-electron chi connectivity index (χ2n) is 9.84. The van der Waals surface area contributed by atoms with Gasteiger partial charge in [-0.25, -0.2) is 9.69 Å². The van der Waals surface area contributed by atoms with Crippen LogP contribution in [0.5, 0.6) is 5.75 Å². The maximum Gasteiger partial charge on any atom is 0.339 e. The van der Waals surface area contributed by atoms with Crippen molar-refractivity contribution in [1.82, 2.24) is 4.90 Å². The van der Waals surface area contributed by atoms with E-state index in [0.717, 1.165) is 16.0 Å². The molecule has 200 valence electrons. The number of hydrogen-bond donors (Lipinski definition) is 0. The van der Waals surface area contributed by atoms with Gasteiger partial charge in [0.1, 0.15) is 11.8 Å². The number of esters is 2. The second-order valence-corrected chi connectivity index (χ2v) is 9.84. The Bertz CT molecular complexity index is 1610. The number of hydrogen-bond acceptors (Lipinski definition) is 8. The molecule has 2 saturated heterocycles. The van der Waals surface area contributed by atoms with Crippen molar-refractivity contribution >= 4 is 41.3 Å². The van der Waals surface area contributed by atoms with Crippen LogP contribution < -0.4 is 9.64 Å². The molecule has 2 amide bonds. The zero-order chi connectivity index (χ0) is 28.1. The summed E-state index contributed by atoms with van der Waals surface area (Å²) in [5.74, 6) is -4.12. The maximum absolute atomic E-state index is 14.1. The number of benzene rings is 3. The summed E-state index contributed by atoms with van der Waals surface area (Å²) < 4.78 is 9.98. The first kappa shape index (κ1) is 25.2. The maximum atomic E-state index is 14.1. The molecular weight excluding hydrogens is 512 g/mol. The number of amides is 2. The topological polar surface area (TPSA) is 110 Å². The summed E-state index contributed by atoms with van der Waals surface area (Å²) in [6.45, 7) is 1.28. The van der Waals surface area contributed by atoms with E-state index in [1.54, 1.807) is 23.2 Å². The Kier molecular flexibility index (Phi) is 6.06. The molecule has 3 aliphatic rings. The molecule has 0 spiro atoms. The zero-order valence-corrected chi connectivity index (χ0v) is 21.6. The number of ketones is 1. The molecule has 0 unspecified atom stereocenters. The van der Waals surface area contributed by atoms with Crippen LogP contribution in [-0.4, -0.2) is 47.6 Å². The number of carbonyl (C=O) groups excluding carboxylic acids is 5. The van der Waals surface area contributed by atoms with E-state index in [2.05, 4.69) is 0 Å². The third kappa shape index (κ3) is 3.81. The van der Waals surface area contributed by atoms with Crippen molar-refractivity contribution in [3.8, 4) is 5.75 Å². The van der Waals surface area contributed by atoms with Crippen molar-refractivity contribution < 1.29 is 33.4 Å². The zero-order valence-electron chi connectivity index (χ0n) is 21.6. The quantitative estimate of drug-likeness (QED) is 0.210. The monoisotopic (exact) mass is 536 g/mol. The predicted molar refractivity (Wildman–Crippen MR) is 143 cm³/mol. The number of Topliss-reactive ketones (excluding diaryl/α,β-unsaturated/α-hetero) is 1. The lowest BCUT2D eigenvalue weighted by Gasteiger charge is -2.35. The summed E-state index contributed by atoms with van der Waals surface area (Å²) in [5.41, 5.74) is 2.25. The number of imide groups is 1. The van der Waals surface area contributed by atoms with E-state index in [-0.39, 0.29) is 22.8 Å². The van der Waals surface area contributed by atoms with Gasteiger partial charge in [0, 0.05) is 18.7 Å². The van der Waals surface area contributed by atoms with E-state index in [1.165, 1.54) is 50.4 Å². The Morgan fingerprint density at radius 3 is 2.23 bits per heavy atom. The Morgan fingerprint density at radius 1 is 0.825 bits per heavy atom. The van der Waals surface area contributed by atoms with Gasteiger partial charge in [-0.3, -0.25) is 19.2 Å². The van der Waals surface area contributed by atoms with Crippen LogP contribution in [-0.2, 0) is 19.1 Å². The number of anilines is 1. The minimum Gasteiger partial charge on any atom is -0.465 e. The molecule has 3 aliphatic heterocycles. The predicted octanol–water partition coefficient (Wildman–Crippen LogP) is 3.80. The molecule has 0 aliphatic carbocycles. The highest BCUT2D eigenvalue weighted by atomic mass is 16.5. The Hall–Kier alpha value is -5.05. The van der Waals surface area contributed by atoms with Gasteiger partial charge in [0.05, 0.1) is 36.2 Å². The van der Waals surface area contributed by atoms with Crippen molar-refractivity contribution in [3.05, 3.63) is 101 Å². The van der Waals surface area contributed by atoms with Gasteiger partial charge < -0.3 is 14.4 Å². The first-order chi connectivity index (χ1) is 19.3. The van der Waals surface area contributed by atoms with Crippen LogP contribution in [0.25, 0.3) is 6.08 Å². The van der Waals surface area contributed by atoms with Crippen LogP contribution in [0.15, 0.2) is 79.0 Å². The van der Waals surface area contributed by atoms with Crippen LogP contribution in [0.1, 0.15) is 44.8 Å². The van der Waals surface area contributed by atoms with Gasteiger partial charge in [0.15, 0.2) is 5.78 Å². The average molecular weight is 537 g/mol. The summed E-state index contributed by atoms with van der Waals surface area (Å²) >= 11 is 0. The van der Waals surface area contributed by atoms with E-state index < -0.39 is 47.7 Å². The fraction of sp³-hybridized carbons (Fsp3) is 0.194. The number of methoxy groups -OCH3 is 1. The second kappa shape index (κ2) is 9.60. The molecular formula is C31H24N2O7. The largest absolute Gasteiger partial charge is 0.465 e. The van der Waals surface area contributed by atoms with Gasteiger partial charge in [-0.2, -0.15) is 0 Å².